The maximum absolute atomic E-state index is 7.96. The summed E-state index contributed by atoms with van der Waals surface area (Å²) in [7, 11) is 0. The molecule has 0 aliphatic heterocycles. The van der Waals surface area contributed by atoms with Gasteiger partial charge in [0.15, 0.2) is 0 Å². The number of aromatic nitrogens is 4. The Hall–Kier alpha value is -6.59. The van der Waals surface area contributed by atoms with E-state index in [4.69, 9.17) is 10.7 Å². The molecule has 2 fully saturated rings. The van der Waals surface area contributed by atoms with Gasteiger partial charge < -0.3 is 14.9 Å². The van der Waals surface area contributed by atoms with Crippen LogP contribution in [0.1, 0.15) is 87.2 Å². The third-order valence-corrected chi connectivity index (χ3v) is 14.1. The summed E-state index contributed by atoms with van der Waals surface area (Å²) in [5.41, 5.74) is 24.2. The molecule has 3 aromatic heterocycles. The van der Waals surface area contributed by atoms with E-state index in [1.807, 2.05) is 6.33 Å². The Kier molecular flexibility index (Phi) is 8.43. The molecule has 5 nitrogen and oxygen atoms in total. The molecule has 2 aliphatic rings. The van der Waals surface area contributed by atoms with E-state index < -0.39 is 0 Å². The molecule has 7 aromatic carbocycles. The molecule has 294 valence electrons. The summed E-state index contributed by atoms with van der Waals surface area (Å²) in [4.78, 5) is 5.31. The molecule has 3 heterocycles. The first-order valence-electron chi connectivity index (χ1n) is 22.2. The fourth-order valence-corrected chi connectivity index (χ4v) is 11.4. The third-order valence-electron chi connectivity index (χ3n) is 14.1. The fraction of sp³-hybridized carbons (Fsp3) is 0.218. The number of nitrogens with two attached hydrogens (primary N) is 1. The van der Waals surface area contributed by atoms with Gasteiger partial charge in [-0.3, -0.25) is 4.57 Å². The summed E-state index contributed by atoms with van der Waals surface area (Å²) in [5, 5.41) is 4.78. The van der Waals surface area contributed by atoms with Crippen molar-refractivity contribution in [2.24, 2.45) is 0 Å². The standard InChI is InChI=1S/C55H49N5/c56-50-49-45-33-17-30-42(37-21-8-2-9-22-37)53(45)59(39-25-12-4-13-26-39)54(49)47(43-31-18-34-46-51(43)57-35-58(46)38-23-10-3-11-24-38)48-44-32-16-29-41(36-19-6-1-7-20-36)52(44)60(55(48)50)40-27-14-5-15-28-40/h3-5,10-18,23-37H,1-2,6-9,19-22,56H2. The normalized spacial score (nSPS) is 15.6. The van der Waals surface area contributed by atoms with Crippen molar-refractivity contribution in [3.8, 4) is 28.2 Å². The van der Waals surface area contributed by atoms with Gasteiger partial charge in [-0.05, 0) is 91.1 Å². The molecule has 0 saturated heterocycles. The summed E-state index contributed by atoms with van der Waals surface area (Å²) in [6, 6.07) is 53.5. The number of nitrogen functional groups attached to an aromatic ring is 1. The number of anilines is 1. The lowest BCUT2D eigenvalue weighted by molar-refractivity contribution is 0.445. The molecule has 0 radical (unpaired) electrons. The average molecular weight is 780 g/mol. The predicted octanol–water partition coefficient (Wildman–Crippen LogP) is 14.6. The smallest absolute Gasteiger partial charge is 0.100 e. The average Bonchev–Trinajstić information content (AvgIpc) is 4.02. The highest BCUT2D eigenvalue weighted by molar-refractivity contribution is 6.33. The highest BCUT2D eigenvalue weighted by atomic mass is 15.1. The zero-order chi connectivity index (χ0) is 39.7. The fourth-order valence-electron chi connectivity index (χ4n) is 11.4. The van der Waals surface area contributed by atoms with Crippen molar-refractivity contribution in [3.05, 3.63) is 163 Å². The first kappa shape index (κ1) is 35.4. The van der Waals surface area contributed by atoms with E-state index in [9.17, 15) is 0 Å². The van der Waals surface area contributed by atoms with Gasteiger partial charge in [0, 0.05) is 49.7 Å². The van der Waals surface area contributed by atoms with E-state index >= 15 is 0 Å². The Labute approximate surface area is 350 Å². The number of hydrogen-bond acceptors (Lipinski definition) is 2. The van der Waals surface area contributed by atoms with Crippen molar-refractivity contribution in [3.63, 3.8) is 0 Å². The number of imidazole rings is 1. The molecule has 2 N–H and O–H groups in total. The first-order chi connectivity index (χ1) is 29.8. The minimum absolute atomic E-state index is 0.496. The van der Waals surface area contributed by atoms with Gasteiger partial charge in [0.2, 0.25) is 0 Å². The maximum Gasteiger partial charge on any atom is 0.100 e. The molecule has 2 saturated carbocycles. The van der Waals surface area contributed by atoms with Crippen LogP contribution in [0.2, 0.25) is 0 Å². The van der Waals surface area contributed by atoms with Crippen LogP contribution in [0.5, 0.6) is 0 Å². The highest BCUT2D eigenvalue weighted by Crippen LogP contribution is 2.53. The third kappa shape index (κ3) is 5.34. The van der Waals surface area contributed by atoms with Crippen LogP contribution in [-0.2, 0) is 0 Å². The second kappa shape index (κ2) is 14.3. The van der Waals surface area contributed by atoms with Crippen LogP contribution >= 0.6 is 0 Å². The Bertz CT molecular complexity index is 3180. The molecular weight excluding hydrogens is 731 g/mol. The van der Waals surface area contributed by atoms with Gasteiger partial charge in [-0.1, -0.05) is 142 Å². The highest BCUT2D eigenvalue weighted by Gasteiger charge is 2.32. The van der Waals surface area contributed by atoms with Crippen LogP contribution in [0.3, 0.4) is 0 Å². The molecule has 60 heavy (non-hydrogen) atoms. The van der Waals surface area contributed by atoms with Gasteiger partial charge in [-0.2, -0.15) is 0 Å². The minimum atomic E-state index is 0.496. The molecule has 0 amide bonds. The maximum atomic E-state index is 7.96. The van der Waals surface area contributed by atoms with E-state index in [2.05, 4.69) is 159 Å². The predicted molar refractivity (Wildman–Crippen MR) is 251 cm³/mol. The van der Waals surface area contributed by atoms with Crippen molar-refractivity contribution in [2.75, 3.05) is 5.73 Å². The van der Waals surface area contributed by atoms with Gasteiger partial charge in [0.1, 0.15) is 6.33 Å². The SMILES string of the molecule is Nc1c2c3cccc(C4CCCCC4)c3n(-c3ccccc3)c2c(-c2cccc3c2ncn3-c2ccccc2)c2c3cccc(C4CCCCC4)c3n(-c3ccccc3)c12. The molecular formula is C55H49N5. The van der Waals surface area contributed by atoms with Crippen molar-refractivity contribution in [1.29, 1.82) is 0 Å². The largest absolute Gasteiger partial charge is 0.396 e. The van der Waals surface area contributed by atoms with E-state index in [1.54, 1.807) is 0 Å². The number of rotatable bonds is 6. The lowest BCUT2D eigenvalue weighted by Crippen LogP contribution is -2.07. The van der Waals surface area contributed by atoms with Crippen LogP contribution < -0.4 is 5.73 Å². The van der Waals surface area contributed by atoms with Crippen molar-refractivity contribution in [2.45, 2.75) is 76.0 Å². The zero-order valence-corrected chi connectivity index (χ0v) is 34.0. The van der Waals surface area contributed by atoms with Gasteiger partial charge >= 0.3 is 0 Å². The van der Waals surface area contributed by atoms with Crippen LogP contribution in [0.4, 0.5) is 5.69 Å². The zero-order valence-electron chi connectivity index (χ0n) is 34.0. The van der Waals surface area contributed by atoms with E-state index in [1.165, 1.54) is 108 Å². The Balaban J connectivity index is 1.33. The number of fused-ring (bicyclic) bond motifs is 7. The molecule has 10 aromatic rings. The number of para-hydroxylation sites is 6. The summed E-state index contributed by atoms with van der Waals surface area (Å²) in [6.45, 7) is 0. The molecule has 0 bridgehead atoms. The quantitative estimate of drug-likeness (QED) is 0.171. The lowest BCUT2D eigenvalue weighted by atomic mass is 9.83. The van der Waals surface area contributed by atoms with Gasteiger partial charge in [-0.25, -0.2) is 4.98 Å². The Morgan fingerprint density at radius 2 is 0.950 bits per heavy atom. The summed E-state index contributed by atoms with van der Waals surface area (Å²) >= 11 is 0. The topological polar surface area (TPSA) is 53.7 Å². The number of benzene rings is 7. The van der Waals surface area contributed by atoms with Crippen molar-refractivity contribution in [1.82, 2.24) is 18.7 Å². The van der Waals surface area contributed by atoms with Gasteiger partial charge in [0.25, 0.3) is 0 Å². The molecule has 12 rings (SSSR count). The lowest BCUT2D eigenvalue weighted by Gasteiger charge is -2.24. The van der Waals surface area contributed by atoms with Crippen molar-refractivity contribution < 1.29 is 0 Å². The minimum Gasteiger partial charge on any atom is -0.396 e. The number of hydrogen-bond donors (Lipinski definition) is 1. The summed E-state index contributed by atoms with van der Waals surface area (Å²) < 4.78 is 7.35. The van der Waals surface area contributed by atoms with Crippen molar-refractivity contribution >= 4 is 60.3 Å². The van der Waals surface area contributed by atoms with Crippen LogP contribution in [0.15, 0.2) is 152 Å². The molecule has 0 unspecified atom stereocenters. The van der Waals surface area contributed by atoms with E-state index in [0.717, 1.165) is 55.8 Å². The second-order valence-corrected chi connectivity index (χ2v) is 17.4. The monoisotopic (exact) mass is 779 g/mol. The van der Waals surface area contributed by atoms with Crippen LogP contribution in [-0.4, -0.2) is 18.7 Å². The van der Waals surface area contributed by atoms with Gasteiger partial charge in [-0.15, -0.1) is 0 Å². The Morgan fingerprint density at radius 1 is 0.450 bits per heavy atom. The number of nitrogens with zero attached hydrogens (tertiary/aromatic N) is 4. The molecule has 5 heteroatoms. The van der Waals surface area contributed by atoms with Gasteiger partial charge in [0.05, 0.1) is 38.8 Å². The van der Waals surface area contributed by atoms with E-state index in [-0.39, 0.29) is 0 Å². The van der Waals surface area contributed by atoms with E-state index in [0.29, 0.717) is 11.8 Å². The Morgan fingerprint density at radius 3 is 1.52 bits per heavy atom. The first-order valence-corrected chi connectivity index (χ1v) is 22.2. The molecule has 0 spiro atoms. The van der Waals surface area contributed by atoms with Crippen LogP contribution in [0, 0.1) is 0 Å². The summed E-state index contributed by atoms with van der Waals surface area (Å²) in [6.07, 6.45) is 14.6. The molecule has 0 atom stereocenters. The second-order valence-electron chi connectivity index (χ2n) is 17.4. The molecule has 2 aliphatic carbocycles. The van der Waals surface area contributed by atoms with Crippen LogP contribution in [0.25, 0.3) is 82.8 Å². The summed E-state index contributed by atoms with van der Waals surface area (Å²) in [5.74, 6) is 0.991.